The maximum absolute atomic E-state index is 12.4. The second kappa shape index (κ2) is 9.00. The number of anilines is 2. The molecule has 8 heteroatoms. The van der Waals surface area contributed by atoms with E-state index in [0.29, 0.717) is 40.8 Å². The molecular weight excluding hydrogens is 346 g/mol. The Kier molecular flexibility index (Phi) is 6.73. The number of carbonyl (C=O) groups excluding carboxylic acids is 2. The molecule has 1 aromatic carbocycles. The normalized spacial score (nSPS) is 10.2. The van der Waals surface area contributed by atoms with E-state index >= 15 is 0 Å². The van der Waals surface area contributed by atoms with Gasteiger partial charge in [-0.15, -0.1) is 0 Å². The number of amides is 1. The molecule has 0 unspecified atom stereocenters. The minimum Gasteiger partial charge on any atom is -0.465 e. The highest BCUT2D eigenvalue weighted by molar-refractivity contribution is 6.34. The van der Waals surface area contributed by atoms with Gasteiger partial charge in [-0.1, -0.05) is 11.6 Å². The zero-order valence-electron chi connectivity index (χ0n) is 13.8. The summed E-state index contributed by atoms with van der Waals surface area (Å²) in [5, 5.41) is 6.04. The van der Waals surface area contributed by atoms with Crippen LogP contribution in [-0.4, -0.2) is 44.2 Å². The van der Waals surface area contributed by atoms with Crippen LogP contribution in [0, 0.1) is 0 Å². The van der Waals surface area contributed by atoms with E-state index < -0.39 is 5.97 Å². The Morgan fingerprint density at radius 2 is 1.96 bits per heavy atom. The number of rotatable bonds is 7. The summed E-state index contributed by atoms with van der Waals surface area (Å²) in [5.74, 6) is -0.332. The first-order chi connectivity index (χ1) is 12.0. The van der Waals surface area contributed by atoms with E-state index in [1.807, 2.05) is 0 Å². The summed E-state index contributed by atoms with van der Waals surface area (Å²) in [6.07, 6.45) is 1.52. The fourth-order valence-electron chi connectivity index (χ4n) is 2.01. The molecule has 0 saturated heterocycles. The molecule has 25 heavy (non-hydrogen) atoms. The number of nitrogens with one attached hydrogen (secondary N) is 2. The van der Waals surface area contributed by atoms with Crippen LogP contribution in [0.3, 0.4) is 0 Å². The maximum atomic E-state index is 12.4. The highest BCUT2D eigenvalue weighted by Gasteiger charge is 2.13. The summed E-state index contributed by atoms with van der Waals surface area (Å²) < 4.78 is 9.61. The number of hydrogen-bond donors (Lipinski definition) is 2. The third-order valence-electron chi connectivity index (χ3n) is 3.27. The van der Waals surface area contributed by atoms with Crippen LogP contribution >= 0.6 is 11.6 Å². The summed E-state index contributed by atoms with van der Waals surface area (Å²) >= 11 is 6.09. The van der Waals surface area contributed by atoms with E-state index in [1.165, 1.54) is 31.5 Å². The van der Waals surface area contributed by atoms with Gasteiger partial charge in [-0.3, -0.25) is 4.79 Å². The predicted octanol–water partition coefficient (Wildman–Crippen LogP) is 2.83. The Bertz CT molecular complexity index is 767. The van der Waals surface area contributed by atoms with Gasteiger partial charge in [0.25, 0.3) is 5.91 Å². The van der Waals surface area contributed by atoms with Gasteiger partial charge in [0.2, 0.25) is 0 Å². The summed E-state index contributed by atoms with van der Waals surface area (Å²) in [7, 11) is 2.88. The van der Waals surface area contributed by atoms with E-state index in [1.54, 1.807) is 19.2 Å². The Morgan fingerprint density at radius 1 is 1.16 bits per heavy atom. The minimum atomic E-state index is -0.513. The molecule has 1 amide bonds. The number of hydrogen-bond acceptors (Lipinski definition) is 6. The first-order valence-corrected chi connectivity index (χ1v) is 7.81. The predicted molar refractivity (Wildman–Crippen MR) is 95.3 cm³/mol. The fraction of sp³-hybridized carbons (Fsp3) is 0.235. The van der Waals surface area contributed by atoms with Gasteiger partial charge in [0.15, 0.2) is 0 Å². The average molecular weight is 364 g/mol. The van der Waals surface area contributed by atoms with Gasteiger partial charge in [-0.25, -0.2) is 9.78 Å². The molecule has 0 aliphatic carbocycles. The minimum absolute atomic E-state index is 0.291. The molecule has 132 valence electrons. The third kappa shape index (κ3) is 5.17. The van der Waals surface area contributed by atoms with Gasteiger partial charge in [0.1, 0.15) is 5.82 Å². The number of aromatic nitrogens is 1. The van der Waals surface area contributed by atoms with Crippen molar-refractivity contribution in [2.24, 2.45) is 0 Å². The Morgan fingerprint density at radius 3 is 2.68 bits per heavy atom. The zero-order chi connectivity index (χ0) is 18.2. The number of ether oxygens (including phenoxy) is 2. The Balaban J connectivity index is 2.14. The fourth-order valence-corrected chi connectivity index (χ4v) is 2.17. The topological polar surface area (TPSA) is 89.6 Å². The molecule has 0 saturated carbocycles. The van der Waals surface area contributed by atoms with Crippen molar-refractivity contribution in [3.8, 4) is 0 Å². The van der Waals surface area contributed by atoms with E-state index in [0.717, 1.165) is 0 Å². The van der Waals surface area contributed by atoms with Crippen molar-refractivity contribution in [1.29, 1.82) is 0 Å². The molecule has 7 nitrogen and oxygen atoms in total. The van der Waals surface area contributed by atoms with Crippen molar-refractivity contribution in [1.82, 2.24) is 4.98 Å². The maximum Gasteiger partial charge on any atom is 0.337 e. The largest absolute Gasteiger partial charge is 0.465 e. The van der Waals surface area contributed by atoms with Gasteiger partial charge in [-0.05, 0) is 30.3 Å². The van der Waals surface area contributed by atoms with E-state index in [9.17, 15) is 9.59 Å². The van der Waals surface area contributed by atoms with Crippen molar-refractivity contribution in [2.45, 2.75) is 0 Å². The number of methoxy groups -OCH3 is 2. The van der Waals surface area contributed by atoms with Gasteiger partial charge in [0, 0.05) is 25.4 Å². The van der Waals surface area contributed by atoms with E-state index in [-0.39, 0.29) is 5.91 Å². The van der Waals surface area contributed by atoms with Crippen LogP contribution in [0.1, 0.15) is 20.7 Å². The van der Waals surface area contributed by atoms with Crippen LogP contribution in [0.5, 0.6) is 0 Å². The summed E-state index contributed by atoms with van der Waals surface area (Å²) in [4.78, 5) is 28.2. The quantitative estimate of drug-likeness (QED) is 0.580. The molecule has 0 fully saturated rings. The highest BCUT2D eigenvalue weighted by atomic mass is 35.5. The summed E-state index contributed by atoms with van der Waals surface area (Å²) in [5.41, 5.74) is 1.01. The van der Waals surface area contributed by atoms with Gasteiger partial charge in [0.05, 0.1) is 30.0 Å². The van der Waals surface area contributed by atoms with Crippen molar-refractivity contribution in [2.75, 3.05) is 38.0 Å². The van der Waals surface area contributed by atoms with Gasteiger partial charge < -0.3 is 20.1 Å². The summed E-state index contributed by atoms with van der Waals surface area (Å²) in [6, 6.07) is 7.70. The molecule has 2 N–H and O–H groups in total. The molecule has 0 radical (unpaired) electrons. The molecule has 0 atom stereocenters. The Labute approximate surface area is 150 Å². The lowest BCUT2D eigenvalue weighted by Crippen LogP contribution is -2.14. The third-order valence-corrected chi connectivity index (χ3v) is 3.60. The molecule has 1 heterocycles. The van der Waals surface area contributed by atoms with Gasteiger partial charge >= 0.3 is 5.97 Å². The number of benzene rings is 1. The number of nitrogens with zero attached hydrogens (tertiary/aromatic N) is 1. The lowest BCUT2D eigenvalue weighted by Gasteiger charge is -2.10. The molecule has 0 bridgehead atoms. The lowest BCUT2D eigenvalue weighted by molar-refractivity contribution is 0.0600. The number of esters is 1. The van der Waals surface area contributed by atoms with E-state index in [2.05, 4.69) is 20.4 Å². The molecule has 0 aliphatic heterocycles. The Hall–Kier alpha value is -2.64. The summed E-state index contributed by atoms with van der Waals surface area (Å²) in [6.45, 7) is 1.09. The number of carbonyl (C=O) groups is 2. The molecule has 0 spiro atoms. The smallest absolute Gasteiger partial charge is 0.337 e. The molecule has 1 aromatic heterocycles. The van der Waals surface area contributed by atoms with Crippen LogP contribution in [0.4, 0.5) is 11.5 Å². The van der Waals surface area contributed by atoms with Gasteiger partial charge in [-0.2, -0.15) is 0 Å². The standard InChI is InChI=1S/C17H18ClN3O4/c1-24-8-7-20-15-10-11(5-6-19-15)16(22)21-14-9-12(17(23)25-2)3-4-13(14)18/h3-6,9-10H,7-8H2,1-2H3,(H,19,20)(H,21,22). The first kappa shape index (κ1) is 18.7. The average Bonchev–Trinajstić information content (AvgIpc) is 2.63. The van der Waals surface area contributed by atoms with Crippen molar-refractivity contribution in [3.63, 3.8) is 0 Å². The van der Waals surface area contributed by atoms with Crippen molar-refractivity contribution in [3.05, 3.63) is 52.7 Å². The molecular formula is C17H18ClN3O4. The molecule has 2 aromatic rings. The second-order valence-corrected chi connectivity index (χ2v) is 5.40. The van der Waals surface area contributed by atoms with Crippen LogP contribution in [-0.2, 0) is 9.47 Å². The molecule has 2 rings (SSSR count). The van der Waals surface area contributed by atoms with Crippen molar-refractivity contribution >= 4 is 35.0 Å². The van der Waals surface area contributed by atoms with Crippen LogP contribution in [0.2, 0.25) is 5.02 Å². The van der Waals surface area contributed by atoms with Crippen LogP contribution in [0.25, 0.3) is 0 Å². The van der Waals surface area contributed by atoms with Crippen LogP contribution < -0.4 is 10.6 Å². The SMILES string of the molecule is COCCNc1cc(C(=O)Nc2cc(C(=O)OC)ccc2Cl)ccn1. The second-order valence-electron chi connectivity index (χ2n) is 4.99. The zero-order valence-corrected chi connectivity index (χ0v) is 14.6. The lowest BCUT2D eigenvalue weighted by atomic mass is 10.2. The monoisotopic (exact) mass is 363 g/mol. The highest BCUT2D eigenvalue weighted by Crippen LogP contribution is 2.24. The van der Waals surface area contributed by atoms with E-state index in [4.69, 9.17) is 16.3 Å². The number of halogens is 1. The van der Waals surface area contributed by atoms with Crippen LogP contribution in [0.15, 0.2) is 36.5 Å². The number of pyridine rings is 1. The first-order valence-electron chi connectivity index (χ1n) is 7.43. The van der Waals surface area contributed by atoms with Crippen molar-refractivity contribution < 1.29 is 19.1 Å². The molecule has 0 aliphatic rings.